The Morgan fingerprint density at radius 3 is 2.44 bits per heavy atom. The summed E-state index contributed by atoms with van der Waals surface area (Å²) in [5.74, 6) is -1.80. The number of carbonyl (C=O) groups excluding carboxylic acids is 1. The van der Waals surface area contributed by atoms with Gasteiger partial charge in [-0.05, 0) is 66.9 Å². The molecule has 0 aliphatic carbocycles. The van der Waals surface area contributed by atoms with Gasteiger partial charge in [0.05, 0.1) is 21.9 Å². The van der Waals surface area contributed by atoms with Crippen molar-refractivity contribution in [1.29, 1.82) is 0 Å². The molecule has 1 aliphatic rings. The summed E-state index contributed by atoms with van der Waals surface area (Å²) in [5, 5.41) is 36.0. The quantitative estimate of drug-likeness (QED) is 0.165. The molecule has 0 saturated heterocycles. The number of non-ortho nitro benzene ring substituents is 1. The number of rotatable bonds is 6. The summed E-state index contributed by atoms with van der Waals surface area (Å²) in [6.07, 6.45) is 0. The summed E-state index contributed by atoms with van der Waals surface area (Å²) >= 11 is 0. The van der Waals surface area contributed by atoms with Gasteiger partial charge in [-0.2, -0.15) is 5.10 Å². The van der Waals surface area contributed by atoms with Crippen LogP contribution < -0.4 is 10.3 Å². The fourth-order valence-corrected chi connectivity index (χ4v) is 4.38. The Hall–Kier alpha value is -5.51. The minimum Gasteiger partial charge on any atom is -0.505 e. The molecule has 5 rings (SSSR count). The molecule has 3 N–H and O–H groups in total. The first-order valence-corrected chi connectivity index (χ1v) is 11.9. The van der Waals surface area contributed by atoms with Crippen molar-refractivity contribution in [2.24, 2.45) is 5.10 Å². The van der Waals surface area contributed by atoms with Crippen molar-refractivity contribution in [3.8, 4) is 16.9 Å². The molecular formula is C29H22N4O6. The Morgan fingerprint density at radius 2 is 1.72 bits per heavy atom. The molecule has 1 aliphatic heterocycles. The molecule has 194 valence electrons. The van der Waals surface area contributed by atoms with Crippen molar-refractivity contribution in [2.45, 2.75) is 13.8 Å². The van der Waals surface area contributed by atoms with Gasteiger partial charge in [-0.15, -0.1) is 0 Å². The second kappa shape index (κ2) is 9.75. The molecule has 0 aromatic heterocycles. The summed E-state index contributed by atoms with van der Waals surface area (Å²) in [5.41, 5.74) is 6.83. The van der Waals surface area contributed by atoms with Gasteiger partial charge in [-0.25, -0.2) is 4.79 Å². The maximum atomic E-state index is 13.6. The van der Waals surface area contributed by atoms with Gasteiger partial charge in [0, 0.05) is 28.9 Å². The van der Waals surface area contributed by atoms with E-state index in [4.69, 9.17) is 0 Å². The lowest BCUT2D eigenvalue weighted by Crippen LogP contribution is -2.26. The summed E-state index contributed by atoms with van der Waals surface area (Å²) in [4.78, 5) is 37.3. The third-order valence-electron chi connectivity index (χ3n) is 6.59. The van der Waals surface area contributed by atoms with Crippen LogP contribution in [0.2, 0.25) is 0 Å². The number of nitro groups is 1. The Labute approximate surface area is 222 Å². The van der Waals surface area contributed by atoms with E-state index in [0.717, 1.165) is 11.1 Å². The molecule has 0 atom stereocenters. The molecule has 0 radical (unpaired) electrons. The third-order valence-corrected chi connectivity index (χ3v) is 6.59. The molecule has 0 unspecified atom stereocenters. The maximum absolute atomic E-state index is 13.6. The van der Waals surface area contributed by atoms with Crippen LogP contribution in [0.3, 0.4) is 0 Å². The first kappa shape index (κ1) is 25.2. The average molecular weight is 523 g/mol. The topological polar surface area (TPSA) is 145 Å². The van der Waals surface area contributed by atoms with E-state index in [-0.39, 0.29) is 34.0 Å². The molecule has 4 aromatic rings. The minimum absolute atomic E-state index is 0.0618. The molecule has 10 heteroatoms. The number of carboxylic acid groups (broad SMARTS) is 1. The Balaban J connectivity index is 1.56. The van der Waals surface area contributed by atoms with Gasteiger partial charge in [0.1, 0.15) is 5.75 Å². The number of nitrogens with zero attached hydrogens (tertiary/aromatic N) is 3. The van der Waals surface area contributed by atoms with E-state index >= 15 is 0 Å². The van der Waals surface area contributed by atoms with Crippen molar-refractivity contribution < 1.29 is 24.7 Å². The third kappa shape index (κ3) is 4.55. The van der Waals surface area contributed by atoms with Crippen molar-refractivity contribution >= 4 is 40.3 Å². The number of hydrazone groups is 1. The number of benzene rings is 4. The molecule has 1 amide bonds. The van der Waals surface area contributed by atoms with E-state index in [1.807, 2.05) is 26.0 Å². The Kier molecular flexibility index (Phi) is 6.29. The predicted octanol–water partition coefficient (Wildman–Crippen LogP) is 5.78. The number of hydrogen-bond acceptors (Lipinski definition) is 7. The number of phenols is 1. The number of fused-ring (bicyclic) bond motifs is 1. The lowest BCUT2D eigenvalue weighted by molar-refractivity contribution is -0.384. The number of nitro benzene ring substituents is 1. The zero-order valence-electron chi connectivity index (χ0n) is 20.9. The van der Waals surface area contributed by atoms with Gasteiger partial charge in [0.2, 0.25) is 0 Å². The number of anilines is 3. The minimum atomic E-state index is -1.10. The fraction of sp³-hybridized carbons (Fsp3) is 0.0690. The molecular weight excluding hydrogens is 500 g/mol. The van der Waals surface area contributed by atoms with Gasteiger partial charge >= 0.3 is 5.97 Å². The van der Waals surface area contributed by atoms with E-state index in [0.29, 0.717) is 22.5 Å². The Morgan fingerprint density at radius 1 is 0.949 bits per heavy atom. The molecule has 0 bridgehead atoms. The fourth-order valence-electron chi connectivity index (χ4n) is 4.38. The molecule has 1 heterocycles. The second-order valence-corrected chi connectivity index (χ2v) is 9.03. The molecule has 10 nitrogen and oxygen atoms in total. The largest absolute Gasteiger partial charge is 0.505 e. The summed E-state index contributed by atoms with van der Waals surface area (Å²) in [6, 6.07) is 20.6. The average Bonchev–Trinajstić information content (AvgIpc) is 3.20. The van der Waals surface area contributed by atoms with Crippen LogP contribution in [-0.4, -0.2) is 32.7 Å². The standard InChI is InChI=1S/C29H22N4O6/c1-16-9-10-20(13-17(16)2)32-25-12-11-21(33(38)39)15-23(25)26(28(32)35)31-30-24-8-4-7-22(27(24)34)18-5-3-6-19(14-18)29(36)37/h3-15,30,34H,1-2H3,(H,36,37). The zero-order valence-corrected chi connectivity index (χ0v) is 20.9. The number of nitrogens with one attached hydrogen (secondary N) is 1. The molecule has 39 heavy (non-hydrogen) atoms. The van der Waals surface area contributed by atoms with Crippen molar-refractivity contribution in [3.05, 3.63) is 111 Å². The highest BCUT2D eigenvalue weighted by atomic mass is 16.6. The first-order chi connectivity index (χ1) is 18.7. The predicted molar refractivity (Wildman–Crippen MR) is 147 cm³/mol. The zero-order chi connectivity index (χ0) is 27.8. The van der Waals surface area contributed by atoms with Gasteiger partial charge in [-0.1, -0.05) is 30.3 Å². The normalized spacial score (nSPS) is 13.4. The number of carbonyl (C=O) groups is 2. The van der Waals surface area contributed by atoms with E-state index in [2.05, 4.69) is 10.5 Å². The lowest BCUT2D eigenvalue weighted by atomic mass is 10.0. The van der Waals surface area contributed by atoms with Gasteiger partial charge in [-0.3, -0.25) is 25.2 Å². The van der Waals surface area contributed by atoms with Crippen LogP contribution in [-0.2, 0) is 4.79 Å². The number of para-hydroxylation sites is 1. The van der Waals surface area contributed by atoms with Crippen molar-refractivity contribution in [1.82, 2.24) is 0 Å². The highest BCUT2D eigenvalue weighted by Crippen LogP contribution is 2.39. The van der Waals surface area contributed by atoms with Crippen LogP contribution in [0.1, 0.15) is 27.0 Å². The van der Waals surface area contributed by atoms with Crippen LogP contribution in [0, 0.1) is 24.0 Å². The first-order valence-electron chi connectivity index (χ1n) is 11.9. The van der Waals surface area contributed by atoms with Crippen LogP contribution in [0.5, 0.6) is 5.75 Å². The van der Waals surface area contributed by atoms with Crippen LogP contribution in [0.4, 0.5) is 22.7 Å². The maximum Gasteiger partial charge on any atom is 0.335 e. The molecule has 0 fully saturated rings. The van der Waals surface area contributed by atoms with Gasteiger partial charge in [0.25, 0.3) is 11.6 Å². The number of amides is 1. The number of aromatic carboxylic acids is 1. The SMILES string of the molecule is Cc1ccc(N2C(=O)C(=NNc3cccc(-c4cccc(C(=O)O)c4)c3O)c3cc([N+](=O)[O-])ccc32)cc1C. The Bertz CT molecular complexity index is 1710. The van der Waals surface area contributed by atoms with Crippen LogP contribution in [0.15, 0.2) is 84.0 Å². The molecule has 0 spiro atoms. The molecule has 0 saturated carbocycles. The number of aromatic hydroxyl groups is 1. The van der Waals surface area contributed by atoms with E-state index < -0.39 is 16.8 Å². The summed E-state index contributed by atoms with van der Waals surface area (Å²) < 4.78 is 0. The highest BCUT2D eigenvalue weighted by molar-refractivity contribution is 6.55. The molecule has 4 aromatic carbocycles. The lowest BCUT2D eigenvalue weighted by Gasteiger charge is -2.18. The highest BCUT2D eigenvalue weighted by Gasteiger charge is 2.37. The van der Waals surface area contributed by atoms with E-state index in [1.165, 1.54) is 35.2 Å². The number of hydrogen-bond donors (Lipinski definition) is 3. The van der Waals surface area contributed by atoms with Crippen molar-refractivity contribution in [2.75, 3.05) is 10.3 Å². The number of aryl methyl sites for hydroxylation is 2. The monoisotopic (exact) mass is 522 g/mol. The van der Waals surface area contributed by atoms with Crippen LogP contribution in [0.25, 0.3) is 11.1 Å². The number of phenolic OH excluding ortho intramolecular Hbond substituents is 1. The van der Waals surface area contributed by atoms with Crippen molar-refractivity contribution in [3.63, 3.8) is 0 Å². The second-order valence-electron chi connectivity index (χ2n) is 9.03. The number of carboxylic acids is 1. The smallest absolute Gasteiger partial charge is 0.335 e. The van der Waals surface area contributed by atoms with E-state index in [1.54, 1.807) is 36.4 Å². The van der Waals surface area contributed by atoms with Crippen LogP contribution >= 0.6 is 0 Å². The van der Waals surface area contributed by atoms with Gasteiger partial charge in [0.15, 0.2) is 5.71 Å². The summed E-state index contributed by atoms with van der Waals surface area (Å²) in [6.45, 7) is 3.88. The van der Waals surface area contributed by atoms with Gasteiger partial charge < -0.3 is 10.2 Å². The van der Waals surface area contributed by atoms with E-state index in [9.17, 15) is 29.9 Å². The summed E-state index contributed by atoms with van der Waals surface area (Å²) in [7, 11) is 0.